The third-order valence-corrected chi connectivity index (χ3v) is 4.31. The summed E-state index contributed by atoms with van der Waals surface area (Å²) in [5.74, 6) is 1.64. The zero-order valence-electron chi connectivity index (χ0n) is 13.1. The van der Waals surface area contributed by atoms with Crippen molar-refractivity contribution in [2.24, 2.45) is 5.92 Å². The number of aromatic nitrogens is 1. The van der Waals surface area contributed by atoms with E-state index in [0.717, 1.165) is 36.1 Å². The first-order valence-corrected chi connectivity index (χ1v) is 7.53. The van der Waals surface area contributed by atoms with Crippen molar-refractivity contribution in [3.8, 4) is 5.75 Å². The van der Waals surface area contributed by atoms with Gasteiger partial charge in [-0.1, -0.05) is 0 Å². The van der Waals surface area contributed by atoms with E-state index in [1.165, 1.54) is 19.4 Å². The summed E-state index contributed by atoms with van der Waals surface area (Å²) in [6, 6.07) is 4.61. The minimum absolute atomic E-state index is 0.581. The number of ether oxygens (including phenoxy) is 1. The van der Waals surface area contributed by atoms with Crippen molar-refractivity contribution in [3.05, 3.63) is 23.5 Å². The number of pyridine rings is 1. The lowest BCUT2D eigenvalue weighted by Gasteiger charge is -2.35. The van der Waals surface area contributed by atoms with Crippen molar-refractivity contribution in [1.29, 1.82) is 0 Å². The summed E-state index contributed by atoms with van der Waals surface area (Å²) in [5.41, 5.74) is 2.14. The zero-order valence-corrected chi connectivity index (χ0v) is 13.1. The molecule has 20 heavy (non-hydrogen) atoms. The molecule has 1 aliphatic rings. The Hall–Kier alpha value is -1.13. The van der Waals surface area contributed by atoms with Crippen molar-refractivity contribution in [2.45, 2.75) is 39.3 Å². The van der Waals surface area contributed by atoms with Crippen LogP contribution in [0.5, 0.6) is 5.75 Å². The van der Waals surface area contributed by atoms with E-state index in [1.807, 2.05) is 13.0 Å². The van der Waals surface area contributed by atoms with E-state index in [0.29, 0.717) is 6.04 Å². The summed E-state index contributed by atoms with van der Waals surface area (Å²) in [6.07, 6.45) is 2.60. The van der Waals surface area contributed by atoms with Crippen LogP contribution in [0.25, 0.3) is 0 Å². The van der Waals surface area contributed by atoms with Crippen LogP contribution >= 0.6 is 0 Å². The lowest BCUT2D eigenvalue weighted by Crippen LogP contribution is -2.43. The Kier molecular flexibility index (Phi) is 5.38. The van der Waals surface area contributed by atoms with Crippen molar-refractivity contribution >= 4 is 0 Å². The van der Waals surface area contributed by atoms with Gasteiger partial charge in [0, 0.05) is 37.0 Å². The average molecular weight is 277 g/mol. The van der Waals surface area contributed by atoms with E-state index in [2.05, 4.69) is 35.2 Å². The molecule has 1 aromatic heterocycles. The van der Waals surface area contributed by atoms with Gasteiger partial charge in [0.2, 0.25) is 0 Å². The van der Waals surface area contributed by atoms with Crippen LogP contribution in [0.15, 0.2) is 12.1 Å². The number of likely N-dealkylation sites (tertiary alicyclic amines) is 1. The monoisotopic (exact) mass is 277 g/mol. The first-order valence-electron chi connectivity index (χ1n) is 7.53. The number of hydrogen-bond donors (Lipinski definition) is 1. The molecule has 0 radical (unpaired) electrons. The number of hydrogen-bond acceptors (Lipinski definition) is 4. The Morgan fingerprint density at radius 2 is 2.30 bits per heavy atom. The van der Waals surface area contributed by atoms with Gasteiger partial charge in [-0.15, -0.1) is 0 Å². The van der Waals surface area contributed by atoms with E-state index in [-0.39, 0.29) is 0 Å². The van der Waals surface area contributed by atoms with Gasteiger partial charge in [0.1, 0.15) is 5.75 Å². The Morgan fingerprint density at radius 1 is 1.50 bits per heavy atom. The number of nitrogens with zero attached hydrogens (tertiary/aromatic N) is 2. The molecule has 2 rings (SSSR count). The largest absolute Gasteiger partial charge is 0.497 e. The smallest absolute Gasteiger partial charge is 0.122 e. The standard InChI is InChI=1S/C16H27N3O/c1-12-8-16(20-4)9-15(18-12)11-19-7-5-6-14(10-19)13(2)17-3/h8-9,13-14,17H,5-7,10-11H2,1-4H3. The molecule has 2 heterocycles. The van der Waals surface area contributed by atoms with Crippen LogP contribution < -0.4 is 10.1 Å². The van der Waals surface area contributed by atoms with E-state index in [1.54, 1.807) is 7.11 Å². The maximum atomic E-state index is 5.33. The number of rotatable bonds is 5. The van der Waals surface area contributed by atoms with Crippen LogP contribution in [-0.4, -0.2) is 43.2 Å². The molecule has 0 saturated carbocycles. The molecule has 0 bridgehead atoms. The highest BCUT2D eigenvalue weighted by Gasteiger charge is 2.24. The summed E-state index contributed by atoms with van der Waals surface area (Å²) in [5, 5.41) is 3.38. The van der Waals surface area contributed by atoms with Crippen LogP contribution in [-0.2, 0) is 6.54 Å². The number of aryl methyl sites for hydroxylation is 1. The molecule has 2 atom stereocenters. The number of piperidine rings is 1. The van der Waals surface area contributed by atoms with Crippen LogP contribution in [0.4, 0.5) is 0 Å². The first kappa shape index (κ1) is 15.3. The van der Waals surface area contributed by atoms with Gasteiger partial charge in [0.15, 0.2) is 0 Å². The van der Waals surface area contributed by atoms with Crippen LogP contribution in [0, 0.1) is 12.8 Å². The fourth-order valence-electron chi connectivity index (χ4n) is 3.01. The van der Waals surface area contributed by atoms with Gasteiger partial charge in [0.05, 0.1) is 12.8 Å². The van der Waals surface area contributed by atoms with Gasteiger partial charge in [-0.05, 0) is 46.2 Å². The fourth-order valence-corrected chi connectivity index (χ4v) is 3.01. The molecule has 0 aromatic carbocycles. The van der Waals surface area contributed by atoms with Gasteiger partial charge in [-0.25, -0.2) is 0 Å². The predicted octanol–water partition coefficient (Wildman–Crippen LogP) is 2.22. The molecule has 4 nitrogen and oxygen atoms in total. The van der Waals surface area contributed by atoms with E-state index >= 15 is 0 Å². The summed E-state index contributed by atoms with van der Waals surface area (Å²) in [4.78, 5) is 7.15. The molecule has 1 N–H and O–H groups in total. The Bertz CT molecular complexity index is 436. The topological polar surface area (TPSA) is 37.4 Å². The predicted molar refractivity (Wildman–Crippen MR) is 82.0 cm³/mol. The maximum Gasteiger partial charge on any atom is 0.122 e. The van der Waals surface area contributed by atoms with Crippen molar-refractivity contribution in [2.75, 3.05) is 27.2 Å². The molecule has 4 heteroatoms. The summed E-state index contributed by atoms with van der Waals surface area (Å²) < 4.78 is 5.33. The van der Waals surface area contributed by atoms with Gasteiger partial charge in [-0.3, -0.25) is 9.88 Å². The highest BCUT2D eigenvalue weighted by atomic mass is 16.5. The third-order valence-electron chi connectivity index (χ3n) is 4.31. The molecular weight excluding hydrogens is 250 g/mol. The van der Waals surface area contributed by atoms with Crippen LogP contribution in [0.1, 0.15) is 31.2 Å². The molecule has 0 spiro atoms. The SMILES string of the molecule is CNC(C)C1CCCN(Cc2cc(OC)cc(C)n2)C1. The molecule has 0 aliphatic carbocycles. The second kappa shape index (κ2) is 7.04. The second-order valence-corrected chi connectivity index (χ2v) is 5.85. The lowest BCUT2D eigenvalue weighted by molar-refractivity contribution is 0.145. The lowest BCUT2D eigenvalue weighted by atomic mass is 9.91. The molecule has 1 fully saturated rings. The highest BCUT2D eigenvalue weighted by Crippen LogP contribution is 2.22. The van der Waals surface area contributed by atoms with Crippen molar-refractivity contribution < 1.29 is 4.74 Å². The van der Waals surface area contributed by atoms with E-state index in [9.17, 15) is 0 Å². The molecule has 1 saturated heterocycles. The molecule has 0 amide bonds. The summed E-state index contributed by atoms with van der Waals surface area (Å²) in [6.45, 7) is 7.55. The molecule has 1 aliphatic heterocycles. The van der Waals surface area contributed by atoms with Crippen LogP contribution in [0.2, 0.25) is 0 Å². The van der Waals surface area contributed by atoms with Crippen LogP contribution in [0.3, 0.4) is 0 Å². The minimum atomic E-state index is 0.581. The Morgan fingerprint density at radius 3 is 3.00 bits per heavy atom. The zero-order chi connectivity index (χ0) is 14.5. The van der Waals surface area contributed by atoms with Gasteiger partial charge >= 0.3 is 0 Å². The molecular formula is C16H27N3O. The van der Waals surface area contributed by atoms with Gasteiger partial charge in [-0.2, -0.15) is 0 Å². The number of methoxy groups -OCH3 is 1. The Labute approximate surface area is 122 Å². The summed E-state index contributed by atoms with van der Waals surface area (Å²) >= 11 is 0. The fraction of sp³-hybridized carbons (Fsp3) is 0.688. The first-order chi connectivity index (χ1) is 9.62. The second-order valence-electron chi connectivity index (χ2n) is 5.85. The van der Waals surface area contributed by atoms with Crippen molar-refractivity contribution in [3.63, 3.8) is 0 Å². The molecule has 2 unspecified atom stereocenters. The maximum absolute atomic E-state index is 5.33. The number of nitrogens with one attached hydrogen (secondary N) is 1. The van der Waals surface area contributed by atoms with Crippen molar-refractivity contribution in [1.82, 2.24) is 15.2 Å². The van der Waals surface area contributed by atoms with E-state index < -0.39 is 0 Å². The minimum Gasteiger partial charge on any atom is -0.497 e. The quantitative estimate of drug-likeness (QED) is 0.895. The van der Waals surface area contributed by atoms with Gasteiger partial charge in [0.25, 0.3) is 0 Å². The van der Waals surface area contributed by atoms with E-state index in [4.69, 9.17) is 4.74 Å². The van der Waals surface area contributed by atoms with Gasteiger partial charge < -0.3 is 10.1 Å². The Balaban J connectivity index is 2.00. The average Bonchev–Trinajstić information content (AvgIpc) is 2.46. The third kappa shape index (κ3) is 3.93. The summed E-state index contributed by atoms with van der Waals surface area (Å²) in [7, 11) is 3.76. The normalized spacial score (nSPS) is 21.7. The highest BCUT2D eigenvalue weighted by molar-refractivity contribution is 5.26. The molecule has 1 aromatic rings. The molecule has 112 valence electrons.